The van der Waals surface area contributed by atoms with Gasteiger partial charge in [-0.3, -0.25) is 9.59 Å². The van der Waals surface area contributed by atoms with Gasteiger partial charge in [-0.1, -0.05) is 29.5 Å². The minimum atomic E-state index is -0.457. The fraction of sp³-hybridized carbons (Fsp3) is 0.267. The van der Waals surface area contributed by atoms with Gasteiger partial charge in [0.2, 0.25) is 11.8 Å². The number of esters is 1. The standard InChI is InChI=1S/C15H16N2O4S/c1-9(18)16-15-17-14(21-10(2)19)13(22-15)8-11-6-4-5-7-12(11)20-3/h4-7H,8H2,1-3H3,(H,16,17,18). The number of hydrogen-bond donors (Lipinski definition) is 1. The van der Waals surface area contributed by atoms with Crippen LogP contribution in [0, 0.1) is 0 Å². The van der Waals surface area contributed by atoms with Gasteiger partial charge in [0.1, 0.15) is 5.75 Å². The fourth-order valence-corrected chi connectivity index (χ4v) is 2.85. The third-order valence-electron chi connectivity index (χ3n) is 2.73. The highest BCUT2D eigenvalue weighted by Gasteiger charge is 2.17. The molecule has 2 aromatic rings. The molecule has 0 atom stereocenters. The lowest BCUT2D eigenvalue weighted by molar-refractivity contribution is -0.132. The highest BCUT2D eigenvalue weighted by atomic mass is 32.1. The molecule has 7 heteroatoms. The van der Waals surface area contributed by atoms with Crippen molar-refractivity contribution in [1.29, 1.82) is 0 Å². The molecule has 116 valence electrons. The number of rotatable bonds is 5. The van der Waals surface area contributed by atoms with Crippen LogP contribution in [0.5, 0.6) is 11.6 Å². The van der Waals surface area contributed by atoms with E-state index in [2.05, 4.69) is 10.3 Å². The Morgan fingerprint density at radius 1 is 1.27 bits per heavy atom. The van der Waals surface area contributed by atoms with E-state index in [9.17, 15) is 9.59 Å². The summed E-state index contributed by atoms with van der Waals surface area (Å²) in [6.07, 6.45) is 0.490. The number of carbonyl (C=O) groups is 2. The van der Waals surface area contributed by atoms with E-state index in [1.807, 2.05) is 24.3 Å². The average Bonchev–Trinajstić information content (AvgIpc) is 2.79. The van der Waals surface area contributed by atoms with E-state index in [0.29, 0.717) is 11.6 Å². The van der Waals surface area contributed by atoms with Crippen LogP contribution in [0.25, 0.3) is 0 Å². The number of amides is 1. The first-order valence-corrected chi connectivity index (χ1v) is 7.39. The number of benzene rings is 1. The molecule has 0 saturated carbocycles. The van der Waals surface area contributed by atoms with Crippen LogP contribution in [0.3, 0.4) is 0 Å². The molecule has 0 spiro atoms. The van der Waals surface area contributed by atoms with Crippen molar-refractivity contribution in [3.8, 4) is 11.6 Å². The van der Waals surface area contributed by atoms with Gasteiger partial charge in [-0.05, 0) is 11.6 Å². The molecule has 22 heavy (non-hydrogen) atoms. The minimum absolute atomic E-state index is 0.215. The first kappa shape index (κ1) is 16.0. The Morgan fingerprint density at radius 2 is 2.00 bits per heavy atom. The molecule has 1 aromatic carbocycles. The van der Waals surface area contributed by atoms with E-state index in [1.54, 1.807) is 7.11 Å². The molecule has 0 aliphatic rings. The number of thiazole rings is 1. The first-order valence-electron chi connectivity index (χ1n) is 6.57. The van der Waals surface area contributed by atoms with E-state index in [0.717, 1.165) is 16.2 Å². The topological polar surface area (TPSA) is 77.5 Å². The van der Waals surface area contributed by atoms with Gasteiger partial charge in [-0.15, -0.1) is 0 Å². The van der Waals surface area contributed by atoms with E-state index < -0.39 is 5.97 Å². The molecule has 0 fully saturated rings. The van der Waals surface area contributed by atoms with Gasteiger partial charge in [0.25, 0.3) is 0 Å². The zero-order valence-electron chi connectivity index (χ0n) is 12.5. The normalized spacial score (nSPS) is 10.1. The van der Waals surface area contributed by atoms with Crippen molar-refractivity contribution < 1.29 is 19.1 Å². The van der Waals surface area contributed by atoms with Crippen LogP contribution in [0.15, 0.2) is 24.3 Å². The number of aromatic nitrogens is 1. The quantitative estimate of drug-likeness (QED) is 0.857. The predicted molar refractivity (Wildman–Crippen MR) is 83.5 cm³/mol. The molecular formula is C15H16N2O4S. The number of nitrogens with zero attached hydrogens (tertiary/aromatic N) is 1. The molecule has 0 unspecified atom stereocenters. The number of hydrogen-bond acceptors (Lipinski definition) is 6. The first-order chi connectivity index (χ1) is 10.5. The van der Waals surface area contributed by atoms with Crippen LogP contribution in [0.4, 0.5) is 5.13 Å². The third kappa shape index (κ3) is 4.05. The van der Waals surface area contributed by atoms with Gasteiger partial charge in [-0.25, -0.2) is 0 Å². The SMILES string of the molecule is COc1ccccc1Cc1sc(NC(C)=O)nc1OC(C)=O. The van der Waals surface area contributed by atoms with Gasteiger partial charge in [-0.2, -0.15) is 4.98 Å². The van der Waals surface area contributed by atoms with Gasteiger partial charge < -0.3 is 14.8 Å². The summed E-state index contributed by atoms with van der Waals surface area (Å²) in [4.78, 5) is 27.2. The molecule has 0 saturated heterocycles. The molecule has 0 bridgehead atoms. The fourth-order valence-electron chi connectivity index (χ4n) is 1.89. The molecule has 6 nitrogen and oxygen atoms in total. The maximum Gasteiger partial charge on any atom is 0.309 e. The molecule has 1 heterocycles. The zero-order valence-corrected chi connectivity index (χ0v) is 13.3. The number of para-hydroxylation sites is 1. The molecule has 1 N–H and O–H groups in total. The maximum absolute atomic E-state index is 11.2. The lowest BCUT2D eigenvalue weighted by Gasteiger charge is -2.07. The molecule has 1 amide bonds. The summed E-state index contributed by atoms with van der Waals surface area (Å²) < 4.78 is 10.4. The summed E-state index contributed by atoms with van der Waals surface area (Å²) >= 11 is 1.27. The van der Waals surface area contributed by atoms with Crippen LogP contribution in [0.2, 0.25) is 0 Å². The highest BCUT2D eigenvalue weighted by Crippen LogP contribution is 2.33. The Labute approximate surface area is 132 Å². The van der Waals surface area contributed by atoms with Crippen molar-refractivity contribution in [2.75, 3.05) is 12.4 Å². The molecular weight excluding hydrogens is 304 g/mol. The van der Waals surface area contributed by atoms with Crippen molar-refractivity contribution in [3.05, 3.63) is 34.7 Å². The van der Waals surface area contributed by atoms with Gasteiger partial charge in [0.05, 0.1) is 12.0 Å². The summed E-state index contributed by atoms with van der Waals surface area (Å²) in [5.41, 5.74) is 0.941. The van der Waals surface area contributed by atoms with Crippen molar-refractivity contribution in [1.82, 2.24) is 4.98 Å². The Kier molecular flexibility index (Phi) is 5.11. The molecule has 1 aromatic heterocycles. The van der Waals surface area contributed by atoms with Gasteiger partial charge in [0, 0.05) is 20.3 Å². The number of ether oxygens (including phenoxy) is 2. The molecule has 0 aliphatic heterocycles. The summed E-state index contributed by atoms with van der Waals surface area (Å²) in [5, 5.41) is 3.00. The summed E-state index contributed by atoms with van der Waals surface area (Å²) in [5.74, 6) is 0.269. The second kappa shape index (κ2) is 7.04. The van der Waals surface area contributed by atoms with Crippen molar-refractivity contribution in [2.24, 2.45) is 0 Å². The van der Waals surface area contributed by atoms with Crippen LogP contribution in [-0.2, 0) is 16.0 Å². The van der Waals surface area contributed by atoms with E-state index >= 15 is 0 Å². The number of anilines is 1. The van der Waals surface area contributed by atoms with Crippen LogP contribution >= 0.6 is 11.3 Å². The largest absolute Gasteiger partial charge is 0.496 e. The third-order valence-corrected chi connectivity index (χ3v) is 3.68. The second-order valence-corrected chi connectivity index (χ2v) is 5.59. The number of carbonyl (C=O) groups excluding carboxylic acids is 2. The van der Waals surface area contributed by atoms with Gasteiger partial charge >= 0.3 is 5.97 Å². The van der Waals surface area contributed by atoms with E-state index in [1.165, 1.54) is 25.2 Å². The summed E-state index contributed by atoms with van der Waals surface area (Å²) in [6, 6.07) is 7.56. The Hall–Kier alpha value is -2.41. The van der Waals surface area contributed by atoms with Crippen molar-refractivity contribution in [2.45, 2.75) is 20.3 Å². The molecule has 0 aliphatic carbocycles. The summed E-state index contributed by atoms with van der Waals surface area (Å²) in [7, 11) is 1.60. The second-order valence-electron chi connectivity index (χ2n) is 4.51. The average molecular weight is 320 g/mol. The maximum atomic E-state index is 11.2. The molecule has 0 radical (unpaired) electrons. The Balaban J connectivity index is 2.33. The Morgan fingerprint density at radius 3 is 2.64 bits per heavy atom. The molecule has 2 rings (SSSR count). The van der Waals surface area contributed by atoms with E-state index in [-0.39, 0.29) is 11.8 Å². The van der Waals surface area contributed by atoms with Crippen molar-refractivity contribution in [3.63, 3.8) is 0 Å². The highest BCUT2D eigenvalue weighted by molar-refractivity contribution is 7.16. The van der Waals surface area contributed by atoms with Crippen molar-refractivity contribution >= 4 is 28.3 Å². The lowest BCUT2D eigenvalue weighted by atomic mass is 10.1. The zero-order chi connectivity index (χ0) is 16.1. The Bertz CT molecular complexity index is 697. The van der Waals surface area contributed by atoms with Gasteiger partial charge in [0.15, 0.2) is 5.13 Å². The van der Waals surface area contributed by atoms with Crippen LogP contribution < -0.4 is 14.8 Å². The van der Waals surface area contributed by atoms with Crippen LogP contribution in [-0.4, -0.2) is 24.0 Å². The minimum Gasteiger partial charge on any atom is -0.496 e. The monoisotopic (exact) mass is 320 g/mol. The van der Waals surface area contributed by atoms with E-state index in [4.69, 9.17) is 9.47 Å². The summed E-state index contributed by atoms with van der Waals surface area (Å²) in [6.45, 7) is 2.71. The smallest absolute Gasteiger partial charge is 0.309 e. The lowest BCUT2D eigenvalue weighted by Crippen LogP contribution is -2.06. The van der Waals surface area contributed by atoms with Crippen LogP contribution in [0.1, 0.15) is 24.3 Å². The predicted octanol–water partition coefficient (Wildman–Crippen LogP) is 2.63. The number of methoxy groups -OCH3 is 1. The number of nitrogens with one attached hydrogen (secondary N) is 1.